The minimum absolute atomic E-state index is 0.260. The van der Waals surface area contributed by atoms with E-state index >= 15 is 0 Å². The molecule has 0 amide bonds. The Morgan fingerprint density at radius 3 is 2.71 bits per heavy atom. The number of thioether (sulfide) groups is 1. The third-order valence-electron chi connectivity index (χ3n) is 2.08. The molecule has 2 nitrogen and oxygen atoms in total. The van der Waals surface area contributed by atoms with Gasteiger partial charge in [-0.1, -0.05) is 13.0 Å². The van der Waals surface area contributed by atoms with Gasteiger partial charge in [-0.15, -0.1) is 11.8 Å². The molecule has 0 bridgehead atoms. The number of rotatable bonds is 3. The molecule has 0 aliphatic rings. The summed E-state index contributed by atoms with van der Waals surface area (Å²) in [6, 6.07) is 5.91. The molecule has 14 heavy (non-hydrogen) atoms. The third-order valence-corrected chi connectivity index (χ3v) is 2.87. The predicted molar refractivity (Wildman–Crippen MR) is 58.9 cm³/mol. The van der Waals surface area contributed by atoms with Crippen LogP contribution in [0.1, 0.15) is 22.8 Å². The number of methoxy groups -OCH3 is 1. The first-order valence-electron chi connectivity index (χ1n) is 4.48. The summed E-state index contributed by atoms with van der Waals surface area (Å²) in [4.78, 5) is 12.4. The lowest BCUT2D eigenvalue weighted by molar-refractivity contribution is 0.0596. The number of hydrogen-bond acceptors (Lipinski definition) is 3. The second-order valence-corrected chi connectivity index (χ2v) is 3.73. The monoisotopic (exact) mass is 210 g/mol. The second kappa shape index (κ2) is 5.05. The highest BCUT2D eigenvalue weighted by molar-refractivity contribution is 7.98. The first-order valence-corrected chi connectivity index (χ1v) is 5.70. The number of benzene rings is 1. The summed E-state index contributed by atoms with van der Waals surface area (Å²) in [6.45, 7) is 2.06. The lowest BCUT2D eigenvalue weighted by Gasteiger charge is -2.06. The Morgan fingerprint density at radius 1 is 1.50 bits per heavy atom. The maximum Gasteiger partial charge on any atom is 0.339 e. The van der Waals surface area contributed by atoms with Crippen molar-refractivity contribution in [3.05, 3.63) is 29.3 Å². The van der Waals surface area contributed by atoms with Gasteiger partial charge in [-0.2, -0.15) is 0 Å². The highest BCUT2D eigenvalue weighted by atomic mass is 32.2. The Labute approximate surface area is 88.7 Å². The standard InChI is InChI=1S/C11H14O2S/c1-4-8-5-6-10(14-3)9(7-8)11(12)13-2/h5-7H,4H2,1-3H3. The van der Waals surface area contributed by atoms with Gasteiger partial charge in [0.2, 0.25) is 0 Å². The fraction of sp³-hybridized carbons (Fsp3) is 0.364. The summed E-state index contributed by atoms with van der Waals surface area (Å²) >= 11 is 1.56. The lowest BCUT2D eigenvalue weighted by Crippen LogP contribution is -2.03. The van der Waals surface area contributed by atoms with Crippen LogP contribution in [0.25, 0.3) is 0 Å². The van der Waals surface area contributed by atoms with Gasteiger partial charge in [0.15, 0.2) is 0 Å². The molecule has 1 rings (SSSR count). The Hall–Kier alpha value is -0.960. The molecule has 0 heterocycles. The van der Waals surface area contributed by atoms with Gasteiger partial charge >= 0.3 is 5.97 Å². The molecule has 0 atom stereocenters. The van der Waals surface area contributed by atoms with Gasteiger partial charge in [0.25, 0.3) is 0 Å². The molecular formula is C11H14O2S. The number of carbonyl (C=O) groups is 1. The van der Waals surface area contributed by atoms with Crippen LogP contribution in [0.4, 0.5) is 0 Å². The van der Waals surface area contributed by atoms with Gasteiger partial charge in [0, 0.05) is 4.90 Å². The molecule has 0 radical (unpaired) electrons. The molecule has 1 aromatic carbocycles. The highest BCUT2D eigenvalue weighted by Gasteiger charge is 2.11. The van der Waals surface area contributed by atoms with Crippen LogP contribution in [-0.4, -0.2) is 19.3 Å². The molecule has 0 aliphatic heterocycles. The average Bonchev–Trinajstić information content (AvgIpc) is 2.27. The molecule has 0 saturated carbocycles. The maximum absolute atomic E-state index is 11.4. The van der Waals surface area contributed by atoms with Crippen molar-refractivity contribution in [1.29, 1.82) is 0 Å². The average molecular weight is 210 g/mol. The molecule has 0 N–H and O–H groups in total. The van der Waals surface area contributed by atoms with Crippen molar-refractivity contribution in [3.8, 4) is 0 Å². The van der Waals surface area contributed by atoms with Gasteiger partial charge < -0.3 is 4.74 Å². The topological polar surface area (TPSA) is 26.3 Å². The van der Waals surface area contributed by atoms with E-state index in [1.165, 1.54) is 7.11 Å². The van der Waals surface area contributed by atoms with Gasteiger partial charge in [-0.25, -0.2) is 4.79 Å². The first kappa shape index (κ1) is 11.1. The van der Waals surface area contributed by atoms with E-state index in [0.29, 0.717) is 5.56 Å². The molecule has 76 valence electrons. The Kier molecular flexibility index (Phi) is 4.01. The number of ether oxygens (including phenoxy) is 1. The molecule has 0 aromatic heterocycles. The van der Waals surface area contributed by atoms with Gasteiger partial charge in [-0.05, 0) is 30.4 Å². The van der Waals surface area contributed by atoms with E-state index in [0.717, 1.165) is 16.9 Å². The van der Waals surface area contributed by atoms with Crippen LogP contribution >= 0.6 is 11.8 Å². The van der Waals surface area contributed by atoms with Crippen molar-refractivity contribution in [2.24, 2.45) is 0 Å². The summed E-state index contributed by atoms with van der Waals surface area (Å²) < 4.78 is 4.73. The highest BCUT2D eigenvalue weighted by Crippen LogP contribution is 2.22. The van der Waals surface area contributed by atoms with Gasteiger partial charge in [0.1, 0.15) is 0 Å². The number of aryl methyl sites for hydroxylation is 1. The Bertz CT molecular complexity index is 334. The summed E-state index contributed by atoms with van der Waals surface area (Å²) in [7, 11) is 1.41. The van der Waals surface area contributed by atoms with Gasteiger partial charge in [-0.3, -0.25) is 0 Å². The molecule has 0 spiro atoms. The molecule has 3 heteroatoms. The summed E-state index contributed by atoms with van der Waals surface area (Å²) in [5, 5.41) is 0. The van der Waals surface area contributed by atoms with Crippen molar-refractivity contribution in [3.63, 3.8) is 0 Å². The fourth-order valence-electron chi connectivity index (χ4n) is 1.24. The summed E-state index contributed by atoms with van der Waals surface area (Å²) in [6.07, 6.45) is 2.88. The van der Waals surface area contributed by atoms with Crippen LogP contribution in [-0.2, 0) is 11.2 Å². The van der Waals surface area contributed by atoms with Crippen LogP contribution in [0.3, 0.4) is 0 Å². The van der Waals surface area contributed by atoms with Crippen LogP contribution in [0.15, 0.2) is 23.1 Å². The van der Waals surface area contributed by atoms with E-state index in [1.807, 2.05) is 24.5 Å². The fourth-order valence-corrected chi connectivity index (χ4v) is 1.81. The molecule has 0 unspecified atom stereocenters. The van der Waals surface area contributed by atoms with Crippen LogP contribution < -0.4 is 0 Å². The molecule has 0 aliphatic carbocycles. The maximum atomic E-state index is 11.4. The van der Waals surface area contributed by atoms with Crippen LogP contribution in [0.5, 0.6) is 0 Å². The predicted octanol–water partition coefficient (Wildman–Crippen LogP) is 2.76. The van der Waals surface area contributed by atoms with E-state index in [1.54, 1.807) is 11.8 Å². The zero-order valence-corrected chi connectivity index (χ0v) is 9.48. The van der Waals surface area contributed by atoms with E-state index in [2.05, 4.69) is 6.92 Å². The zero-order valence-electron chi connectivity index (χ0n) is 8.66. The quantitative estimate of drug-likeness (QED) is 0.567. The van der Waals surface area contributed by atoms with Crippen molar-refractivity contribution < 1.29 is 9.53 Å². The summed E-state index contributed by atoms with van der Waals surface area (Å²) in [5.41, 5.74) is 1.82. The largest absolute Gasteiger partial charge is 0.465 e. The molecule has 1 aromatic rings. The molecular weight excluding hydrogens is 196 g/mol. The smallest absolute Gasteiger partial charge is 0.339 e. The molecule has 0 saturated heterocycles. The van der Waals surface area contributed by atoms with E-state index in [-0.39, 0.29) is 5.97 Å². The number of carbonyl (C=O) groups excluding carboxylic acids is 1. The summed E-state index contributed by atoms with van der Waals surface area (Å²) in [5.74, 6) is -0.260. The normalized spacial score (nSPS) is 9.93. The van der Waals surface area contributed by atoms with Crippen LogP contribution in [0.2, 0.25) is 0 Å². The van der Waals surface area contributed by atoms with Gasteiger partial charge in [0.05, 0.1) is 12.7 Å². The van der Waals surface area contributed by atoms with Crippen molar-refractivity contribution in [2.45, 2.75) is 18.2 Å². The zero-order chi connectivity index (χ0) is 10.6. The third kappa shape index (κ3) is 2.29. The lowest BCUT2D eigenvalue weighted by atomic mass is 10.1. The number of esters is 1. The Morgan fingerprint density at radius 2 is 2.21 bits per heavy atom. The van der Waals surface area contributed by atoms with Crippen molar-refractivity contribution in [2.75, 3.05) is 13.4 Å². The van der Waals surface area contributed by atoms with Crippen molar-refractivity contribution >= 4 is 17.7 Å². The second-order valence-electron chi connectivity index (χ2n) is 2.88. The van der Waals surface area contributed by atoms with Crippen molar-refractivity contribution in [1.82, 2.24) is 0 Å². The van der Waals surface area contributed by atoms with E-state index in [4.69, 9.17) is 4.74 Å². The van der Waals surface area contributed by atoms with E-state index < -0.39 is 0 Å². The molecule has 0 fully saturated rings. The first-order chi connectivity index (χ1) is 6.72. The minimum Gasteiger partial charge on any atom is -0.465 e. The Balaban J connectivity index is 3.14. The van der Waals surface area contributed by atoms with Crippen LogP contribution in [0, 0.1) is 0 Å². The van der Waals surface area contributed by atoms with E-state index in [9.17, 15) is 4.79 Å². The minimum atomic E-state index is -0.260. The number of hydrogen-bond donors (Lipinski definition) is 0. The SMILES string of the molecule is CCc1ccc(SC)c(C(=O)OC)c1.